The molecule has 0 bridgehead atoms. The average molecular weight is 248 g/mol. The second kappa shape index (κ2) is 5.71. The molecule has 1 aliphatic carbocycles. The quantitative estimate of drug-likeness (QED) is 0.632. The molecule has 1 saturated carbocycles. The van der Waals surface area contributed by atoms with E-state index in [2.05, 4.69) is 9.98 Å². The van der Waals surface area contributed by atoms with Crippen molar-refractivity contribution in [1.82, 2.24) is 9.88 Å². The monoisotopic (exact) mass is 248 g/mol. The number of guanidine groups is 1. The summed E-state index contributed by atoms with van der Waals surface area (Å²) >= 11 is 0. The van der Waals surface area contributed by atoms with E-state index in [0.29, 0.717) is 31.0 Å². The van der Waals surface area contributed by atoms with Crippen LogP contribution in [0.15, 0.2) is 23.3 Å². The molecule has 1 aliphatic rings. The van der Waals surface area contributed by atoms with Crippen molar-refractivity contribution in [2.45, 2.75) is 32.4 Å². The van der Waals surface area contributed by atoms with Crippen molar-refractivity contribution < 1.29 is 4.74 Å². The zero-order valence-electron chi connectivity index (χ0n) is 11.0. The summed E-state index contributed by atoms with van der Waals surface area (Å²) in [6, 6.07) is 4.43. The zero-order chi connectivity index (χ0) is 13.0. The Morgan fingerprint density at radius 3 is 3.06 bits per heavy atom. The predicted molar refractivity (Wildman–Crippen MR) is 71.5 cm³/mol. The van der Waals surface area contributed by atoms with Gasteiger partial charge in [-0.2, -0.15) is 0 Å². The lowest BCUT2D eigenvalue weighted by molar-refractivity contribution is 0.323. The molecule has 0 saturated heterocycles. The first-order valence-corrected chi connectivity index (χ1v) is 6.31. The summed E-state index contributed by atoms with van der Waals surface area (Å²) in [5.41, 5.74) is 6.91. The Morgan fingerprint density at radius 2 is 2.39 bits per heavy atom. The highest BCUT2D eigenvalue weighted by atomic mass is 16.5. The van der Waals surface area contributed by atoms with Crippen LogP contribution in [-0.2, 0) is 6.54 Å². The smallest absolute Gasteiger partial charge is 0.218 e. The Hall–Kier alpha value is -1.78. The molecule has 2 N–H and O–H groups in total. The molecule has 1 aromatic heterocycles. The maximum atomic E-state index is 5.94. The Kier molecular flexibility index (Phi) is 4.02. The van der Waals surface area contributed by atoms with Gasteiger partial charge < -0.3 is 15.4 Å². The normalized spacial score (nSPS) is 15.6. The van der Waals surface area contributed by atoms with E-state index in [1.165, 1.54) is 12.8 Å². The van der Waals surface area contributed by atoms with Gasteiger partial charge in [0.2, 0.25) is 5.88 Å². The van der Waals surface area contributed by atoms with Crippen LogP contribution in [0.25, 0.3) is 0 Å². The first-order valence-electron chi connectivity index (χ1n) is 6.31. The maximum Gasteiger partial charge on any atom is 0.218 e. The number of aliphatic imine (C=N–C) groups is 1. The molecule has 1 fully saturated rings. The Balaban J connectivity index is 2.02. The molecule has 0 spiro atoms. The van der Waals surface area contributed by atoms with Gasteiger partial charge in [0.1, 0.15) is 0 Å². The van der Waals surface area contributed by atoms with E-state index < -0.39 is 0 Å². The SMILES string of the molecule is CCOc1ncccc1CN=C(N)N(C)C1CC1. The summed E-state index contributed by atoms with van der Waals surface area (Å²) in [6.45, 7) is 3.05. The van der Waals surface area contributed by atoms with Gasteiger partial charge in [-0.05, 0) is 25.8 Å². The average Bonchev–Trinajstić information content (AvgIpc) is 3.21. The summed E-state index contributed by atoms with van der Waals surface area (Å²) in [4.78, 5) is 10.6. The Bertz CT molecular complexity index is 429. The van der Waals surface area contributed by atoms with Crippen LogP contribution in [0.2, 0.25) is 0 Å². The third-order valence-corrected chi connectivity index (χ3v) is 3.00. The number of aromatic nitrogens is 1. The highest BCUT2D eigenvalue weighted by Crippen LogP contribution is 2.25. The van der Waals surface area contributed by atoms with Crippen molar-refractivity contribution in [2.24, 2.45) is 10.7 Å². The van der Waals surface area contributed by atoms with Crippen LogP contribution in [0.4, 0.5) is 0 Å². The van der Waals surface area contributed by atoms with Gasteiger partial charge in [0.15, 0.2) is 5.96 Å². The fraction of sp³-hybridized carbons (Fsp3) is 0.538. The Labute approximate surface area is 108 Å². The fourth-order valence-electron chi connectivity index (χ4n) is 1.74. The number of ether oxygens (including phenoxy) is 1. The lowest BCUT2D eigenvalue weighted by Gasteiger charge is -2.17. The minimum Gasteiger partial charge on any atom is -0.478 e. The van der Waals surface area contributed by atoms with E-state index in [9.17, 15) is 0 Å². The number of rotatable bonds is 5. The highest BCUT2D eigenvalue weighted by Gasteiger charge is 2.27. The molecule has 18 heavy (non-hydrogen) atoms. The van der Waals surface area contributed by atoms with Crippen molar-refractivity contribution in [1.29, 1.82) is 0 Å². The van der Waals surface area contributed by atoms with E-state index >= 15 is 0 Å². The fourth-order valence-corrected chi connectivity index (χ4v) is 1.74. The number of hydrogen-bond acceptors (Lipinski definition) is 3. The van der Waals surface area contributed by atoms with E-state index in [-0.39, 0.29) is 0 Å². The number of nitrogens with zero attached hydrogens (tertiary/aromatic N) is 3. The van der Waals surface area contributed by atoms with Crippen molar-refractivity contribution in [2.75, 3.05) is 13.7 Å². The molecule has 0 atom stereocenters. The van der Waals surface area contributed by atoms with Crippen LogP contribution in [0.1, 0.15) is 25.3 Å². The predicted octanol–water partition coefficient (Wildman–Crippen LogP) is 1.39. The van der Waals surface area contributed by atoms with E-state index in [1.807, 2.05) is 31.0 Å². The van der Waals surface area contributed by atoms with Gasteiger partial charge in [0, 0.05) is 24.8 Å². The molecule has 98 valence electrons. The molecule has 0 aromatic carbocycles. The van der Waals surface area contributed by atoms with E-state index in [0.717, 1.165) is 5.56 Å². The van der Waals surface area contributed by atoms with E-state index in [4.69, 9.17) is 10.5 Å². The van der Waals surface area contributed by atoms with Gasteiger partial charge in [0.25, 0.3) is 0 Å². The topological polar surface area (TPSA) is 63.7 Å². The van der Waals surface area contributed by atoms with Gasteiger partial charge in [0.05, 0.1) is 13.2 Å². The van der Waals surface area contributed by atoms with Gasteiger partial charge in [-0.1, -0.05) is 6.07 Å². The molecular formula is C13H20N4O. The lowest BCUT2D eigenvalue weighted by atomic mass is 10.3. The molecule has 5 heteroatoms. The molecule has 0 radical (unpaired) electrons. The molecule has 5 nitrogen and oxygen atoms in total. The summed E-state index contributed by atoms with van der Waals surface area (Å²) < 4.78 is 5.45. The summed E-state index contributed by atoms with van der Waals surface area (Å²) in [5, 5.41) is 0. The highest BCUT2D eigenvalue weighted by molar-refractivity contribution is 5.78. The number of hydrogen-bond donors (Lipinski definition) is 1. The van der Waals surface area contributed by atoms with Crippen LogP contribution >= 0.6 is 0 Å². The van der Waals surface area contributed by atoms with Gasteiger partial charge in [-0.15, -0.1) is 0 Å². The molecular weight excluding hydrogens is 228 g/mol. The number of nitrogens with two attached hydrogens (primary N) is 1. The molecule has 0 aliphatic heterocycles. The maximum absolute atomic E-state index is 5.94. The minimum absolute atomic E-state index is 0.506. The van der Waals surface area contributed by atoms with Crippen molar-refractivity contribution in [3.05, 3.63) is 23.9 Å². The first kappa shape index (κ1) is 12.7. The van der Waals surface area contributed by atoms with Gasteiger partial charge in [-0.3, -0.25) is 0 Å². The van der Waals surface area contributed by atoms with Crippen LogP contribution in [0.5, 0.6) is 5.88 Å². The second-order valence-electron chi connectivity index (χ2n) is 4.42. The van der Waals surface area contributed by atoms with Crippen molar-refractivity contribution >= 4 is 5.96 Å². The largest absolute Gasteiger partial charge is 0.478 e. The summed E-state index contributed by atoms with van der Waals surface area (Å²) in [5.74, 6) is 1.23. The number of pyridine rings is 1. The van der Waals surface area contributed by atoms with Crippen molar-refractivity contribution in [3.8, 4) is 5.88 Å². The van der Waals surface area contributed by atoms with Crippen LogP contribution in [0.3, 0.4) is 0 Å². The molecule has 1 aromatic rings. The van der Waals surface area contributed by atoms with Gasteiger partial charge in [-0.25, -0.2) is 9.98 Å². The molecule has 0 amide bonds. The lowest BCUT2D eigenvalue weighted by Crippen LogP contribution is -2.35. The zero-order valence-corrected chi connectivity index (χ0v) is 11.0. The first-order chi connectivity index (χ1) is 8.72. The van der Waals surface area contributed by atoms with Crippen LogP contribution in [0, 0.1) is 0 Å². The van der Waals surface area contributed by atoms with Crippen LogP contribution in [-0.4, -0.2) is 35.5 Å². The summed E-state index contributed by atoms with van der Waals surface area (Å²) in [7, 11) is 1.99. The molecule has 0 unspecified atom stereocenters. The molecule has 2 rings (SSSR count). The van der Waals surface area contributed by atoms with Gasteiger partial charge >= 0.3 is 0 Å². The Morgan fingerprint density at radius 1 is 1.61 bits per heavy atom. The molecule has 1 heterocycles. The third-order valence-electron chi connectivity index (χ3n) is 3.00. The van der Waals surface area contributed by atoms with E-state index in [1.54, 1.807) is 6.20 Å². The third kappa shape index (κ3) is 3.12. The van der Waals surface area contributed by atoms with Crippen LogP contribution < -0.4 is 10.5 Å². The minimum atomic E-state index is 0.506. The second-order valence-corrected chi connectivity index (χ2v) is 4.42. The summed E-state index contributed by atoms with van der Waals surface area (Å²) in [6.07, 6.45) is 4.14. The standard InChI is InChI=1S/C13H20N4O/c1-3-18-12-10(5-4-8-15-12)9-16-13(14)17(2)11-6-7-11/h4-5,8,11H,3,6-7,9H2,1-2H3,(H2,14,16). The van der Waals surface area contributed by atoms with Crippen molar-refractivity contribution in [3.63, 3.8) is 0 Å².